The highest BCUT2D eigenvalue weighted by Crippen LogP contribution is 2.00. The molecule has 6 heteroatoms. The third-order valence-electron chi connectivity index (χ3n) is 1.92. The molecule has 1 amide bonds. The minimum atomic E-state index is -3.28. The number of carbonyl (C=O) groups excluding carboxylic acids is 1. The van der Waals surface area contributed by atoms with E-state index in [9.17, 15) is 13.2 Å². The van der Waals surface area contributed by atoms with Crippen molar-refractivity contribution in [1.82, 2.24) is 5.32 Å². The van der Waals surface area contributed by atoms with Crippen LogP contribution >= 0.6 is 0 Å². The second-order valence-electron chi connectivity index (χ2n) is 3.59. The van der Waals surface area contributed by atoms with E-state index in [0.717, 1.165) is 6.26 Å². The molecule has 0 saturated heterocycles. The summed E-state index contributed by atoms with van der Waals surface area (Å²) in [6, 6.07) is -0.228. The molecular formula is C8H17NO4S. The molecule has 14 heavy (non-hydrogen) atoms. The molecule has 0 aliphatic heterocycles. The normalized spacial score (nSPS) is 16.0. The number of nitrogens with one attached hydrogen (secondary N) is 1. The molecule has 84 valence electrons. The Morgan fingerprint density at radius 1 is 1.43 bits per heavy atom. The molecule has 0 rings (SSSR count). The van der Waals surface area contributed by atoms with E-state index in [1.165, 1.54) is 0 Å². The highest BCUT2D eigenvalue weighted by molar-refractivity contribution is 7.91. The fourth-order valence-electron chi connectivity index (χ4n) is 0.834. The quantitative estimate of drug-likeness (QED) is 0.637. The minimum absolute atomic E-state index is 0.0413. The topological polar surface area (TPSA) is 83.5 Å². The molecule has 0 aromatic heterocycles. The third kappa shape index (κ3) is 5.93. The van der Waals surface area contributed by atoms with Gasteiger partial charge in [-0.05, 0) is 12.8 Å². The van der Waals surface area contributed by atoms with E-state index in [1.807, 2.05) is 0 Å². The van der Waals surface area contributed by atoms with Gasteiger partial charge in [0.15, 0.2) is 9.84 Å². The van der Waals surface area contributed by atoms with Crippen LogP contribution < -0.4 is 5.32 Å². The fourth-order valence-corrected chi connectivity index (χ4v) is 1.39. The molecule has 2 unspecified atom stereocenters. The van der Waals surface area contributed by atoms with E-state index in [2.05, 4.69) is 5.32 Å². The summed E-state index contributed by atoms with van der Waals surface area (Å²) >= 11 is 0. The molecule has 0 aliphatic carbocycles. The first kappa shape index (κ1) is 13.4. The Morgan fingerprint density at radius 3 is 2.29 bits per heavy atom. The number of rotatable bonds is 5. The van der Waals surface area contributed by atoms with Crippen LogP contribution in [0, 0.1) is 5.92 Å². The summed E-state index contributed by atoms with van der Waals surface area (Å²) in [5.41, 5.74) is 0. The highest BCUT2D eigenvalue weighted by Gasteiger charge is 2.16. The van der Waals surface area contributed by atoms with Gasteiger partial charge in [0.25, 0.3) is 0 Å². The zero-order valence-corrected chi connectivity index (χ0v) is 9.47. The lowest BCUT2D eigenvalue weighted by Gasteiger charge is -2.18. The summed E-state index contributed by atoms with van der Waals surface area (Å²) < 4.78 is 21.5. The minimum Gasteiger partial charge on any atom is -0.396 e. The van der Waals surface area contributed by atoms with Crippen LogP contribution in [0.1, 0.15) is 13.8 Å². The molecule has 0 aromatic rings. The Kier molecular flexibility index (Phi) is 5.07. The van der Waals surface area contributed by atoms with Crippen molar-refractivity contribution in [3.05, 3.63) is 0 Å². The Labute approximate surface area is 84.4 Å². The van der Waals surface area contributed by atoms with Gasteiger partial charge in [0.2, 0.25) is 5.91 Å². The van der Waals surface area contributed by atoms with Crippen molar-refractivity contribution >= 4 is 15.7 Å². The molecular weight excluding hydrogens is 206 g/mol. The van der Waals surface area contributed by atoms with Crippen molar-refractivity contribution in [2.24, 2.45) is 5.92 Å². The second kappa shape index (κ2) is 5.31. The number of amides is 1. The predicted octanol–water partition coefficient (Wildman–Crippen LogP) is -0.836. The maximum atomic E-state index is 11.1. The van der Waals surface area contributed by atoms with Gasteiger partial charge in [0.1, 0.15) is 5.75 Å². The lowest BCUT2D eigenvalue weighted by atomic mass is 10.1. The van der Waals surface area contributed by atoms with Gasteiger partial charge in [-0.2, -0.15) is 0 Å². The van der Waals surface area contributed by atoms with Crippen LogP contribution in [-0.2, 0) is 14.6 Å². The summed E-state index contributed by atoms with van der Waals surface area (Å²) in [6.45, 7) is 3.45. The van der Waals surface area contributed by atoms with Crippen molar-refractivity contribution in [2.45, 2.75) is 19.9 Å². The van der Waals surface area contributed by atoms with Gasteiger partial charge in [-0.1, -0.05) is 6.92 Å². The summed E-state index contributed by atoms with van der Waals surface area (Å²) in [5, 5.41) is 11.3. The van der Waals surface area contributed by atoms with Crippen LogP contribution in [0.15, 0.2) is 0 Å². The van der Waals surface area contributed by atoms with Gasteiger partial charge in [0.05, 0.1) is 0 Å². The highest BCUT2D eigenvalue weighted by atomic mass is 32.2. The molecule has 0 saturated carbocycles. The largest absolute Gasteiger partial charge is 0.396 e. The Morgan fingerprint density at radius 2 is 1.93 bits per heavy atom. The van der Waals surface area contributed by atoms with E-state index in [1.54, 1.807) is 13.8 Å². The Balaban J connectivity index is 4.08. The van der Waals surface area contributed by atoms with E-state index >= 15 is 0 Å². The van der Waals surface area contributed by atoms with Crippen molar-refractivity contribution in [3.63, 3.8) is 0 Å². The maximum absolute atomic E-state index is 11.1. The molecule has 2 atom stereocenters. The Bertz CT molecular complexity index is 286. The summed E-state index contributed by atoms with van der Waals surface area (Å²) in [5.74, 6) is -1.12. The first-order chi connectivity index (χ1) is 6.26. The number of aliphatic hydroxyl groups excluding tert-OH is 1. The molecule has 0 radical (unpaired) electrons. The maximum Gasteiger partial charge on any atom is 0.235 e. The van der Waals surface area contributed by atoms with Crippen molar-refractivity contribution < 1.29 is 18.3 Å². The average Bonchev–Trinajstić information content (AvgIpc) is 1.99. The summed E-state index contributed by atoms with van der Waals surface area (Å²) in [4.78, 5) is 11.1. The monoisotopic (exact) mass is 223 g/mol. The van der Waals surface area contributed by atoms with Gasteiger partial charge in [-0.25, -0.2) is 8.42 Å². The SMILES string of the molecule is CC(CO)C(C)NC(=O)CS(C)(=O)=O. The summed E-state index contributed by atoms with van der Waals surface area (Å²) in [6.07, 6.45) is 1.01. The lowest BCUT2D eigenvalue weighted by Crippen LogP contribution is -2.41. The van der Waals surface area contributed by atoms with E-state index < -0.39 is 21.5 Å². The molecule has 0 bridgehead atoms. The molecule has 0 fully saturated rings. The van der Waals surface area contributed by atoms with Crippen LogP contribution in [0.5, 0.6) is 0 Å². The number of sulfone groups is 1. The molecule has 5 nitrogen and oxygen atoms in total. The number of carbonyl (C=O) groups is 1. The molecule has 2 N–H and O–H groups in total. The van der Waals surface area contributed by atoms with Crippen LogP contribution in [0.3, 0.4) is 0 Å². The van der Waals surface area contributed by atoms with E-state index in [4.69, 9.17) is 5.11 Å². The number of aliphatic hydroxyl groups is 1. The molecule has 0 aromatic carbocycles. The Hall–Kier alpha value is -0.620. The fraction of sp³-hybridized carbons (Fsp3) is 0.875. The molecule has 0 heterocycles. The van der Waals surface area contributed by atoms with E-state index in [0.29, 0.717) is 0 Å². The van der Waals surface area contributed by atoms with Gasteiger partial charge in [-0.3, -0.25) is 4.79 Å². The van der Waals surface area contributed by atoms with Crippen LogP contribution in [0.2, 0.25) is 0 Å². The first-order valence-electron chi connectivity index (χ1n) is 4.34. The standard InChI is InChI=1S/C8H17NO4S/c1-6(4-10)7(2)9-8(11)5-14(3,12)13/h6-7,10H,4-5H2,1-3H3,(H,9,11). The van der Waals surface area contributed by atoms with Gasteiger partial charge < -0.3 is 10.4 Å². The zero-order valence-electron chi connectivity index (χ0n) is 8.65. The van der Waals surface area contributed by atoms with Crippen molar-refractivity contribution in [1.29, 1.82) is 0 Å². The van der Waals surface area contributed by atoms with E-state index in [-0.39, 0.29) is 18.6 Å². The van der Waals surface area contributed by atoms with Crippen molar-refractivity contribution in [3.8, 4) is 0 Å². The van der Waals surface area contributed by atoms with Crippen molar-refractivity contribution in [2.75, 3.05) is 18.6 Å². The third-order valence-corrected chi connectivity index (χ3v) is 2.71. The average molecular weight is 223 g/mol. The summed E-state index contributed by atoms with van der Waals surface area (Å²) in [7, 11) is -3.28. The number of hydrogen-bond acceptors (Lipinski definition) is 4. The van der Waals surface area contributed by atoms with Gasteiger partial charge in [0, 0.05) is 18.9 Å². The van der Waals surface area contributed by atoms with Gasteiger partial charge >= 0.3 is 0 Å². The second-order valence-corrected chi connectivity index (χ2v) is 5.73. The van der Waals surface area contributed by atoms with Crippen LogP contribution in [0.4, 0.5) is 0 Å². The van der Waals surface area contributed by atoms with Crippen LogP contribution in [-0.4, -0.2) is 44.1 Å². The van der Waals surface area contributed by atoms with Gasteiger partial charge in [-0.15, -0.1) is 0 Å². The molecule has 0 spiro atoms. The lowest BCUT2D eigenvalue weighted by molar-refractivity contribution is -0.119. The molecule has 0 aliphatic rings. The van der Waals surface area contributed by atoms with Crippen LogP contribution in [0.25, 0.3) is 0 Å². The first-order valence-corrected chi connectivity index (χ1v) is 6.40. The predicted molar refractivity (Wildman–Crippen MR) is 53.6 cm³/mol. The zero-order chi connectivity index (χ0) is 11.4. The number of hydrogen-bond donors (Lipinski definition) is 2. The smallest absolute Gasteiger partial charge is 0.235 e.